The van der Waals surface area contributed by atoms with Gasteiger partial charge in [0.2, 0.25) is 0 Å². The summed E-state index contributed by atoms with van der Waals surface area (Å²) in [4.78, 5) is 6.46. The third-order valence-corrected chi connectivity index (χ3v) is 4.24. The van der Waals surface area contributed by atoms with E-state index in [0.29, 0.717) is 12.5 Å². The average molecular weight is 306 g/mol. The minimum absolute atomic E-state index is 0.290. The molecule has 7 heteroatoms. The molecule has 0 unspecified atom stereocenters. The Morgan fingerprint density at radius 1 is 1.40 bits per heavy atom. The number of ether oxygens (including phenoxy) is 3. The Bertz CT molecular complexity index is 377. The summed E-state index contributed by atoms with van der Waals surface area (Å²) in [5.41, 5.74) is 0. The molecule has 0 amide bonds. The highest BCUT2D eigenvalue weighted by molar-refractivity contribution is 8.13. The van der Waals surface area contributed by atoms with Crippen LogP contribution in [0, 0.1) is 0 Å². The molecule has 0 radical (unpaired) electrons. The minimum Gasteiger partial charge on any atom is -0.361 e. The van der Waals surface area contributed by atoms with Crippen molar-refractivity contribution < 1.29 is 18.6 Å². The molecule has 2 heterocycles. The van der Waals surface area contributed by atoms with Crippen LogP contribution in [-0.2, 0) is 14.2 Å². The molecule has 20 heavy (non-hydrogen) atoms. The fourth-order valence-corrected chi connectivity index (χ4v) is 3.18. The number of rotatable bonds is 1. The van der Waals surface area contributed by atoms with Gasteiger partial charge in [-0.1, -0.05) is 11.8 Å². The highest BCUT2D eigenvalue weighted by atomic mass is 32.2. The van der Waals surface area contributed by atoms with Crippen molar-refractivity contribution in [3.63, 3.8) is 0 Å². The Kier molecular flexibility index (Phi) is 4.94. The lowest BCUT2D eigenvalue weighted by molar-refractivity contribution is -0.162. The number of hydrogen-bond donors (Lipinski definition) is 0. The van der Waals surface area contributed by atoms with E-state index < -0.39 is 24.2 Å². The zero-order valence-corrected chi connectivity index (χ0v) is 13.4. The molecule has 0 bridgehead atoms. The van der Waals surface area contributed by atoms with Crippen molar-refractivity contribution in [2.24, 2.45) is 4.99 Å². The van der Waals surface area contributed by atoms with Crippen LogP contribution in [0.5, 0.6) is 0 Å². The van der Waals surface area contributed by atoms with Crippen LogP contribution >= 0.6 is 11.8 Å². The van der Waals surface area contributed by atoms with Crippen LogP contribution in [0.4, 0.5) is 4.39 Å². The molecule has 0 aliphatic carbocycles. The normalized spacial score (nSPS) is 35.3. The summed E-state index contributed by atoms with van der Waals surface area (Å²) in [6.07, 6.45) is -2.48. The smallest absolute Gasteiger partial charge is 0.163 e. The molecule has 4 atom stereocenters. The van der Waals surface area contributed by atoms with E-state index in [1.807, 2.05) is 32.8 Å². The largest absolute Gasteiger partial charge is 0.361 e. The molecule has 0 aromatic heterocycles. The monoisotopic (exact) mass is 306 g/mol. The SMILES string of the molecule is C[C@@H](F)[C@H]1OCSC(N(C)C)=NC[C@H]2OC(C)(C)O[C@H]12. The molecule has 2 aliphatic rings. The second kappa shape index (κ2) is 6.17. The Morgan fingerprint density at radius 3 is 2.70 bits per heavy atom. The highest BCUT2D eigenvalue weighted by Crippen LogP contribution is 2.34. The number of thioether (sulfide) groups is 1. The van der Waals surface area contributed by atoms with Gasteiger partial charge in [0.25, 0.3) is 0 Å². The molecule has 0 saturated carbocycles. The Balaban J connectivity index is 2.21. The van der Waals surface area contributed by atoms with Gasteiger partial charge >= 0.3 is 0 Å². The maximum absolute atomic E-state index is 13.9. The van der Waals surface area contributed by atoms with Crippen LogP contribution in [0.1, 0.15) is 20.8 Å². The highest BCUT2D eigenvalue weighted by Gasteiger charge is 2.47. The van der Waals surface area contributed by atoms with Crippen molar-refractivity contribution in [1.29, 1.82) is 0 Å². The van der Waals surface area contributed by atoms with Crippen LogP contribution in [0.15, 0.2) is 4.99 Å². The second-order valence-corrected chi connectivity index (χ2v) is 6.62. The zero-order chi connectivity index (χ0) is 14.9. The first-order valence-electron chi connectivity index (χ1n) is 6.76. The summed E-state index contributed by atoms with van der Waals surface area (Å²) in [6, 6.07) is 0. The number of alkyl halides is 1. The maximum atomic E-state index is 13.9. The molecule has 1 saturated heterocycles. The van der Waals surface area contributed by atoms with E-state index in [-0.39, 0.29) is 6.10 Å². The van der Waals surface area contributed by atoms with Crippen molar-refractivity contribution in [2.75, 3.05) is 26.6 Å². The maximum Gasteiger partial charge on any atom is 0.163 e. The lowest BCUT2D eigenvalue weighted by Crippen LogP contribution is -2.43. The molecule has 0 aromatic rings. The van der Waals surface area contributed by atoms with E-state index in [2.05, 4.69) is 4.99 Å². The van der Waals surface area contributed by atoms with E-state index in [4.69, 9.17) is 14.2 Å². The van der Waals surface area contributed by atoms with Gasteiger partial charge in [0.15, 0.2) is 11.0 Å². The fraction of sp³-hybridized carbons (Fsp3) is 0.923. The van der Waals surface area contributed by atoms with Gasteiger partial charge in [-0.25, -0.2) is 4.39 Å². The van der Waals surface area contributed by atoms with Gasteiger partial charge in [-0.05, 0) is 20.8 Å². The summed E-state index contributed by atoms with van der Waals surface area (Å²) in [5.74, 6) is -0.380. The zero-order valence-electron chi connectivity index (χ0n) is 12.6. The molecular formula is C13H23FN2O3S. The Labute approximate surface area is 123 Å². The van der Waals surface area contributed by atoms with E-state index >= 15 is 0 Å². The summed E-state index contributed by atoms with van der Waals surface area (Å²) in [5, 5.41) is 0.851. The summed E-state index contributed by atoms with van der Waals surface area (Å²) in [7, 11) is 3.85. The van der Waals surface area contributed by atoms with Crippen LogP contribution in [0.2, 0.25) is 0 Å². The topological polar surface area (TPSA) is 43.3 Å². The van der Waals surface area contributed by atoms with Crippen molar-refractivity contribution in [1.82, 2.24) is 4.90 Å². The van der Waals surface area contributed by atoms with Gasteiger partial charge in [0.1, 0.15) is 30.4 Å². The van der Waals surface area contributed by atoms with Gasteiger partial charge < -0.3 is 19.1 Å². The third-order valence-electron chi connectivity index (χ3n) is 3.24. The standard InChI is InChI=1S/C13H23FN2O3S/c1-8(14)10-11-9(18-13(2,3)19-11)6-15-12(16(4)5)20-7-17-10/h8-11H,6-7H2,1-5H3/t8-,9-,10-,11+/m1/s1. The van der Waals surface area contributed by atoms with Gasteiger partial charge in [-0.15, -0.1) is 0 Å². The molecule has 0 N–H and O–H groups in total. The lowest BCUT2D eigenvalue weighted by atomic mass is 10.0. The summed E-state index contributed by atoms with van der Waals surface area (Å²) < 4.78 is 31.2. The molecule has 5 nitrogen and oxygen atoms in total. The lowest BCUT2D eigenvalue weighted by Gasteiger charge is -2.26. The number of nitrogens with zero attached hydrogens (tertiary/aromatic N) is 2. The van der Waals surface area contributed by atoms with Gasteiger partial charge in [-0.2, -0.15) is 0 Å². The van der Waals surface area contributed by atoms with E-state index in [9.17, 15) is 4.39 Å². The van der Waals surface area contributed by atoms with Crippen molar-refractivity contribution in [3.05, 3.63) is 0 Å². The number of amidine groups is 1. The molecule has 2 aliphatic heterocycles. The second-order valence-electron chi connectivity index (χ2n) is 5.73. The van der Waals surface area contributed by atoms with E-state index in [1.54, 1.807) is 0 Å². The summed E-state index contributed by atoms with van der Waals surface area (Å²) >= 11 is 1.45. The molecule has 116 valence electrons. The Hall–Kier alpha value is -0.370. The predicted octanol–water partition coefficient (Wildman–Crippen LogP) is 1.87. The van der Waals surface area contributed by atoms with Crippen molar-refractivity contribution >= 4 is 16.9 Å². The van der Waals surface area contributed by atoms with Crippen LogP contribution in [0.25, 0.3) is 0 Å². The van der Waals surface area contributed by atoms with Crippen molar-refractivity contribution in [2.45, 2.75) is 51.0 Å². The first-order chi connectivity index (χ1) is 9.30. The molecule has 0 aromatic carbocycles. The van der Waals surface area contributed by atoms with Gasteiger partial charge in [0, 0.05) is 14.1 Å². The Morgan fingerprint density at radius 2 is 2.10 bits per heavy atom. The van der Waals surface area contributed by atoms with Crippen molar-refractivity contribution in [3.8, 4) is 0 Å². The van der Waals surface area contributed by atoms with Crippen LogP contribution in [0.3, 0.4) is 0 Å². The molecule has 2 rings (SSSR count). The van der Waals surface area contributed by atoms with E-state index in [0.717, 1.165) is 5.17 Å². The summed E-state index contributed by atoms with van der Waals surface area (Å²) in [6.45, 7) is 5.60. The van der Waals surface area contributed by atoms with Crippen LogP contribution in [-0.4, -0.2) is 66.9 Å². The first kappa shape index (κ1) is 16.0. The fourth-order valence-electron chi connectivity index (χ4n) is 2.42. The predicted molar refractivity (Wildman–Crippen MR) is 77.7 cm³/mol. The van der Waals surface area contributed by atoms with Crippen LogP contribution < -0.4 is 0 Å². The number of hydrogen-bond acceptors (Lipinski definition) is 6. The quantitative estimate of drug-likeness (QED) is 0.740. The molecule has 0 spiro atoms. The average Bonchev–Trinajstić information content (AvgIpc) is 2.64. The molecule has 1 fully saturated rings. The molecular weight excluding hydrogens is 283 g/mol. The van der Waals surface area contributed by atoms with Gasteiger partial charge in [-0.3, -0.25) is 4.99 Å². The first-order valence-corrected chi connectivity index (χ1v) is 7.74. The minimum atomic E-state index is -1.12. The number of aliphatic imine (C=N–C) groups is 1. The third kappa shape index (κ3) is 3.63. The van der Waals surface area contributed by atoms with Gasteiger partial charge in [0.05, 0.1) is 6.54 Å². The van der Waals surface area contributed by atoms with E-state index in [1.165, 1.54) is 18.7 Å². The number of fused-ring (bicyclic) bond motifs is 1. The number of halogens is 1.